The summed E-state index contributed by atoms with van der Waals surface area (Å²) in [7, 11) is 1.95. The van der Waals surface area contributed by atoms with Gasteiger partial charge < -0.3 is 15.4 Å². The molecule has 0 saturated carbocycles. The molecule has 0 radical (unpaired) electrons. The number of nitrogens with zero attached hydrogens (tertiary/aromatic N) is 1. The lowest BCUT2D eigenvalue weighted by Crippen LogP contribution is -2.53. The molecule has 1 amide bonds. The van der Waals surface area contributed by atoms with Gasteiger partial charge in [-0.15, -0.1) is 0 Å². The predicted octanol–water partition coefficient (Wildman–Crippen LogP) is 2.17. The molecule has 5 nitrogen and oxygen atoms in total. The van der Waals surface area contributed by atoms with E-state index in [1.54, 1.807) is 0 Å². The second-order valence-corrected chi connectivity index (χ2v) is 7.63. The molecule has 7 heteroatoms. The molecule has 0 bridgehead atoms. The molecule has 0 saturated heterocycles. The fourth-order valence-electron chi connectivity index (χ4n) is 4.23. The lowest BCUT2D eigenvalue weighted by molar-refractivity contribution is -0.129. The average Bonchev–Trinajstić information content (AvgIpc) is 3.03. The molecule has 1 aromatic carbocycles. The van der Waals surface area contributed by atoms with Crippen molar-refractivity contribution in [2.24, 2.45) is 5.92 Å². The topological polar surface area (TPSA) is 68.4 Å². The molecule has 4 rings (SSSR count). The van der Waals surface area contributed by atoms with Gasteiger partial charge >= 0.3 is 0 Å². The highest BCUT2D eigenvalue weighted by molar-refractivity contribution is 5.99. The quantitative estimate of drug-likeness (QED) is 0.767. The highest BCUT2D eigenvalue weighted by Crippen LogP contribution is 2.40. The number of benzene rings is 1. The Balaban J connectivity index is 1.68. The number of aromatic amines is 1. The van der Waals surface area contributed by atoms with Crippen molar-refractivity contribution in [3.05, 3.63) is 41.6 Å². The summed E-state index contributed by atoms with van der Waals surface area (Å²) in [6, 6.07) is 4.61. The van der Waals surface area contributed by atoms with Crippen molar-refractivity contribution in [1.29, 1.82) is 0 Å². The van der Waals surface area contributed by atoms with Crippen molar-refractivity contribution in [1.82, 2.24) is 15.2 Å². The minimum absolute atomic E-state index is 0.157. The average molecular weight is 375 g/mol. The van der Waals surface area contributed by atoms with Crippen LogP contribution in [0.2, 0.25) is 0 Å². The maximum absolute atomic E-state index is 13.5. The molecular formula is C20H23F2N3O2. The number of fused-ring (bicyclic) bond motifs is 2. The number of H-pyrrole nitrogens is 1. The number of amides is 1. The first-order valence-electron chi connectivity index (χ1n) is 9.10. The number of carbonyl (C=O) groups excluding carboxylic acids is 1. The Morgan fingerprint density at radius 2 is 2.26 bits per heavy atom. The zero-order valence-corrected chi connectivity index (χ0v) is 15.3. The number of halogens is 2. The van der Waals surface area contributed by atoms with E-state index in [4.69, 9.17) is 0 Å². The van der Waals surface area contributed by atoms with E-state index in [-0.39, 0.29) is 6.04 Å². The fraction of sp³-hybridized carbons (Fsp3) is 0.450. The van der Waals surface area contributed by atoms with Crippen molar-refractivity contribution >= 4 is 22.4 Å². The first-order chi connectivity index (χ1) is 12.8. The molecule has 2 aliphatic rings. The molecule has 1 aromatic heterocycles. The first-order valence-corrected chi connectivity index (χ1v) is 9.10. The number of hydrogen-bond donors (Lipinski definition) is 3. The summed E-state index contributed by atoms with van der Waals surface area (Å²) in [6.45, 7) is 0.344. The van der Waals surface area contributed by atoms with Gasteiger partial charge in [0.25, 0.3) is 5.92 Å². The van der Waals surface area contributed by atoms with Crippen LogP contribution in [0.15, 0.2) is 30.5 Å². The van der Waals surface area contributed by atoms with Crippen LogP contribution in [0.25, 0.3) is 16.5 Å². The molecule has 1 aliphatic heterocycles. The van der Waals surface area contributed by atoms with Gasteiger partial charge in [-0.05, 0) is 36.2 Å². The smallest absolute Gasteiger partial charge is 0.267 e. The summed E-state index contributed by atoms with van der Waals surface area (Å²) in [5.41, 5.74) is 4.46. The zero-order valence-electron chi connectivity index (χ0n) is 15.3. The Morgan fingerprint density at radius 1 is 1.48 bits per heavy atom. The van der Waals surface area contributed by atoms with E-state index < -0.39 is 30.4 Å². The normalized spacial score (nSPS) is 23.7. The monoisotopic (exact) mass is 375 g/mol. The number of rotatable bonds is 4. The van der Waals surface area contributed by atoms with Crippen molar-refractivity contribution in [2.75, 3.05) is 20.2 Å². The Hall–Kier alpha value is -2.25. The number of hydrogen-bond acceptors (Lipinski definition) is 3. The lowest BCUT2D eigenvalue weighted by atomic mass is 9.79. The third kappa shape index (κ3) is 3.04. The van der Waals surface area contributed by atoms with Crippen molar-refractivity contribution in [3.8, 4) is 0 Å². The van der Waals surface area contributed by atoms with E-state index in [9.17, 15) is 18.7 Å². The van der Waals surface area contributed by atoms with Crippen LogP contribution in [0.4, 0.5) is 8.78 Å². The van der Waals surface area contributed by atoms with Gasteiger partial charge in [-0.3, -0.25) is 9.69 Å². The van der Waals surface area contributed by atoms with Crippen LogP contribution >= 0.6 is 0 Å². The number of alkyl halides is 2. The maximum Gasteiger partial charge on any atom is 0.267 e. The maximum atomic E-state index is 13.5. The summed E-state index contributed by atoms with van der Waals surface area (Å²) in [5.74, 6) is -4.22. The van der Waals surface area contributed by atoms with E-state index in [2.05, 4.69) is 15.2 Å². The van der Waals surface area contributed by atoms with Crippen molar-refractivity contribution < 1.29 is 18.7 Å². The second-order valence-electron chi connectivity index (χ2n) is 7.63. The van der Waals surface area contributed by atoms with E-state index in [1.165, 1.54) is 10.9 Å². The van der Waals surface area contributed by atoms with E-state index in [1.807, 2.05) is 37.5 Å². The van der Waals surface area contributed by atoms with Crippen LogP contribution in [0.1, 0.15) is 18.1 Å². The summed E-state index contributed by atoms with van der Waals surface area (Å²) in [5, 5.41) is 12.7. The van der Waals surface area contributed by atoms with E-state index >= 15 is 0 Å². The number of nitrogens with one attached hydrogen (secondary N) is 2. The first kappa shape index (κ1) is 18.1. The third-order valence-corrected chi connectivity index (χ3v) is 5.72. The standard InChI is InChI=1S/C20H23F2N3O2/c1-20(21,22)17(10-26)24-19(27)12-6-14-13-4-3-5-15-18(13)11(8-23-15)7-16(14)25(2)9-12/h3-6,8,12,16-17,23,26H,7,9-10H2,1-2H3,(H,24,27). The number of aliphatic hydroxyl groups excluding tert-OH is 1. The van der Waals surface area contributed by atoms with Crippen molar-refractivity contribution in [3.63, 3.8) is 0 Å². The van der Waals surface area contributed by atoms with Gasteiger partial charge in [-0.25, -0.2) is 8.78 Å². The van der Waals surface area contributed by atoms with Gasteiger partial charge in [0.15, 0.2) is 0 Å². The summed E-state index contributed by atoms with van der Waals surface area (Å²) >= 11 is 0. The summed E-state index contributed by atoms with van der Waals surface area (Å²) in [4.78, 5) is 18.0. The molecule has 1 aliphatic carbocycles. The van der Waals surface area contributed by atoms with Crippen LogP contribution in [-0.2, 0) is 11.2 Å². The molecule has 2 heterocycles. The number of carbonyl (C=O) groups is 1. The highest BCUT2D eigenvalue weighted by Gasteiger charge is 2.39. The predicted molar refractivity (Wildman–Crippen MR) is 99.5 cm³/mol. The van der Waals surface area contributed by atoms with Gasteiger partial charge in [-0.2, -0.15) is 0 Å². The Morgan fingerprint density at radius 3 is 2.96 bits per heavy atom. The molecule has 0 spiro atoms. The lowest BCUT2D eigenvalue weighted by Gasteiger charge is -2.39. The van der Waals surface area contributed by atoms with Gasteiger partial charge in [0, 0.05) is 36.6 Å². The van der Waals surface area contributed by atoms with Crippen LogP contribution in [0, 0.1) is 5.92 Å². The Kier molecular flexibility index (Phi) is 4.31. The molecule has 3 atom stereocenters. The molecule has 2 aromatic rings. The molecule has 0 fully saturated rings. The van der Waals surface area contributed by atoms with Crippen LogP contribution in [0.5, 0.6) is 0 Å². The molecule has 3 N–H and O–H groups in total. The van der Waals surface area contributed by atoms with Crippen LogP contribution < -0.4 is 5.32 Å². The minimum Gasteiger partial charge on any atom is -0.394 e. The largest absolute Gasteiger partial charge is 0.394 e. The Labute approximate surface area is 156 Å². The van der Waals surface area contributed by atoms with E-state index in [0.29, 0.717) is 13.5 Å². The number of aliphatic hydroxyl groups is 1. The van der Waals surface area contributed by atoms with Crippen LogP contribution in [-0.4, -0.2) is 59.1 Å². The van der Waals surface area contributed by atoms with Crippen LogP contribution in [0.3, 0.4) is 0 Å². The van der Waals surface area contributed by atoms with Gasteiger partial charge in [0.2, 0.25) is 5.91 Å². The number of likely N-dealkylation sites (N-methyl/N-ethyl adjacent to an activating group) is 1. The molecule has 3 unspecified atom stereocenters. The van der Waals surface area contributed by atoms with Gasteiger partial charge in [-0.1, -0.05) is 18.2 Å². The summed E-state index contributed by atoms with van der Waals surface area (Å²) in [6.07, 6.45) is 4.79. The fourth-order valence-corrected chi connectivity index (χ4v) is 4.23. The third-order valence-electron chi connectivity index (χ3n) is 5.72. The highest BCUT2D eigenvalue weighted by atomic mass is 19.3. The summed E-state index contributed by atoms with van der Waals surface area (Å²) < 4.78 is 27.1. The Bertz CT molecular complexity index is 916. The molecule has 27 heavy (non-hydrogen) atoms. The van der Waals surface area contributed by atoms with Gasteiger partial charge in [0.05, 0.1) is 12.5 Å². The molecule has 144 valence electrons. The van der Waals surface area contributed by atoms with Crippen molar-refractivity contribution in [2.45, 2.75) is 31.4 Å². The SMILES string of the molecule is CN1CC(C(=O)NC(CO)C(C)(F)F)C=C2c3cccc4[nH]cc(c34)CC21. The van der Waals surface area contributed by atoms with E-state index in [0.717, 1.165) is 23.1 Å². The zero-order chi connectivity index (χ0) is 19.3. The minimum atomic E-state index is -3.18. The number of aromatic nitrogens is 1. The van der Waals surface area contributed by atoms with Gasteiger partial charge in [0.1, 0.15) is 6.04 Å². The second kappa shape index (κ2) is 6.42. The molecular weight excluding hydrogens is 352 g/mol.